The van der Waals surface area contributed by atoms with E-state index >= 15 is 0 Å². The molecule has 0 amide bonds. The molecular weight excluding hydrogens is 234 g/mol. The summed E-state index contributed by atoms with van der Waals surface area (Å²) in [5, 5.41) is 0. The molecule has 0 radical (unpaired) electrons. The summed E-state index contributed by atoms with van der Waals surface area (Å²) in [7, 11) is -2.38. The molecule has 0 bridgehead atoms. The highest BCUT2D eigenvalue weighted by Crippen LogP contribution is 2.28. The van der Waals surface area contributed by atoms with E-state index in [1.807, 2.05) is 6.92 Å². The first-order valence-electron chi connectivity index (χ1n) is 6.74. The van der Waals surface area contributed by atoms with Gasteiger partial charge in [0.15, 0.2) is 0 Å². The van der Waals surface area contributed by atoms with E-state index in [-0.39, 0.29) is 0 Å². The Morgan fingerprint density at radius 2 is 2.06 bits per heavy atom. The molecule has 0 aromatic carbocycles. The van der Waals surface area contributed by atoms with E-state index in [4.69, 9.17) is 19.0 Å². The lowest BCUT2D eigenvalue weighted by atomic mass is 10.1. The lowest BCUT2D eigenvalue weighted by molar-refractivity contribution is -0.00512. The summed E-state index contributed by atoms with van der Waals surface area (Å²) in [5.41, 5.74) is 5.54. The average molecular weight is 261 g/mol. The van der Waals surface area contributed by atoms with Crippen LogP contribution >= 0.6 is 0 Å². The van der Waals surface area contributed by atoms with Crippen LogP contribution in [0.4, 0.5) is 0 Å². The molecule has 2 N–H and O–H groups in total. The van der Waals surface area contributed by atoms with Crippen molar-refractivity contribution in [2.45, 2.75) is 39.7 Å². The Bertz CT molecular complexity index is 208. The number of nitrogens with two attached hydrogens (primary N) is 1. The van der Waals surface area contributed by atoms with Crippen LogP contribution in [0.3, 0.4) is 0 Å². The van der Waals surface area contributed by atoms with E-state index in [9.17, 15) is 0 Å². The molecule has 1 aliphatic heterocycles. The standard InChI is InChI=1S/C12H27NO3Si/c1-4-14-17(10-11(2)6-5-7-13)15-8-12(3)9-16-17/h11-12H,4-10,13H2,1-3H3. The summed E-state index contributed by atoms with van der Waals surface area (Å²) in [6.45, 7) is 9.35. The fourth-order valence-electron chi connectivity index (χ4n) is 2.10. The molecule has 102 valence electrons. The Labute approximate surface area is 106 Å². The van der Waals surface area contributed by atoms with Gasteiger partial charge >= 0.3 is 8.80 Å². The van der Waals surface area contributed by atoms with Gasteiger partial charge in [0.05, 0.1) is 0 Å². The van der Waals surface area contributed by atoms with Gasteiger partial charge in [-0.3, -0.25) is 0 Å². The highest BCUT2D eigenvalue weighted by molar-refractivity contribution is 6.60. The molecule has 0 aliphatic carbocycles. The summed E-state index contributed by atoms with van der Waals surface area (Å²) in [4.78, 5) is 0. The van der Waals surface area contributed by atoms with Gasteiger partial charge in [0.2, 0.25) is 0 Å². The zero-order valence-corrected chi connectivity index (χ0v) is 12.4. The Hall–Kier alpha value is 0.0569. The van der Waals surface area contributed by atoms with E-state index in [1.165, 1.54) is 0 Å². The Morgan fingerprint density at radius 1 is 1.41 bits per heavy atom. The van der Waals surface area contributed by atoms with Gasteiger partial charge in [0.25, 0.3) is 0 Å². The van der Waals surface area contributed by atoms with Crippen LogP contribution in [0.2, 0.25) is 6.04 Å². The van der Waals surface area contributed by atoms with Crippen LogP contribution in [0.25, 0.3) is 0 Å². The van der Waals surface area contributed by atoms with E-state index in [0.717, 1.165) is 38.6 Å². The molecule has 0 aromatic heterocycles. The van der Waals surface area contributed by atoms with Gasteiger partial charge in [-0.25, -0.2) is 0 Å². The van der Waals surface area contributed by atoms with Crippen LogP contribution < -0.4 is 5.73 Å². The predicted molar refractivity (Wildman–Crippen MR) is 70.7 cm³/mol. The van der Waals surface area contributed by atoms with Crippen LogP contribution in [-0.2, 0) is 13.3 Å². The van der Waals surface area contributed by atoms with Crippen molar-refractivity contribution in [3.05, 3.63) is 0 Å². The first kappa shape index (κ1) is 15.1. The fourth-order valence-corrected chi connectivity index (χ4v) is 5.28. The minimum Gasteiger partial charge on any atom is -0.374 e. The van der Waals surface area contributed by atoms with Gasteiger partial charge < -0.3 is 19.0 Å². The molecule has 1 aliphatic rings. The quantitative estimate of drug-likeness (QED) is 0.712. The van der Waals surface area contributed by atoms with Crippen LogP contribution in [0.1, 0.15) is 33.6 Å². The molecule has 1 atom stereocenters. The van der Waals surface area contributed by atoms with E-state index < -0.39 is 8.80 Å². The van der Waals surface area contributed by atoms with Gasteiger partial charge in [-0.1, -0.05) is 13.8 Å². The topological polar surface area (TPSA) is 53.7 Å². The minimum absolute atomic E-state index is 0.482. The second-order valence-electron chi connectivity index (χ2n) is 5.08. The maximum absolute atomic E-state index is 5.93. The fraction of sp³-hybridized carbons (Fsp3) is 1.00. The first-order valence-corrected chi connectivity index (χ1v) is 8.67. The van der Waals surface area contributed by atoms with Gasteiger partial charge in [-0.05, 0) is 32.2 Å². The molecule has 4 nitrogen and oxygen atoms in total. The van der Waals surface area contributed by atoms with E-state index in [2.05, 4.69) is 13.8 Å². The summed E-state index contributed by atoms with van der Waals surface area (Å²) in [6.07, 6.45) is 2.19. The highest BCUT2D eigenvalue weighted by Gasteiger charge is 2.45. The second-order valence-corrected chi connectivity index (χ2v) is 7.72. The Kier molecular flexibility index (Phi) is 6.65. The van der Waals surface area contributed by atoms with E-state index in [0.29, 0.717) is 18.4 Å². The van der Waals surface area contributed by atoms with Crippen molar-refractivity contribution in [1.29, 1.82) is 0 Å². The summed E-state index contributed by atoms with van der Waals surface area (Å²) in [6, 6.07) is 0.924. The molecule has 1 heterocycles. The van der Waals surface area contributed by atoms with Gasteiger partial charge in [-0.2, -0.15) is 0 Å². The van der Waals surface area contributed by atoms with Crippen molar-refractivity contribution in [2.24, 2.45) is 17.6 Å². The molecule has 0 spiro atoms. The molecule has 1 fully saturated rings. The van der Waals surface area contributed by atoms with Crippen molar-refractivity contribution in [1.82, 2.24) is 0 Å². The van der Waals surface area contributed by atoms with Crippen LogP contribution in [0.5, 0.6) is 0 Å². The maximum Gasteiger partial charge on any atom is 0.501 e. The van der Waals surface area contributed by atoms with Crippen molar-refractivity contribution in [3.63, 3.8) is 0 Å². The third-order valence-electron chi connectivity index (χ3n) is 3.04. The summed E-state index contributed by atoms with van der Waals surface area (Å²) in [5.74, 6) is 1.04. The lowest BCUT2D eigenvalue weighted by Crippen LogP contribution is -2.52. The largest absolute Gasteiger partial charge is 0.501 e. The van der Waals surface area contributed by atoms with Crippen molar-refractivity contribution in [3.8, 4) is 0 Å². The minimum atomic E-state index is -2.38. The van der Waals surface area contributed by atoms with Gasteiger partial charge in [-0.15, -0.1) is 0 Å². The molecule has 5 heteroatoms. The van der Waals surface area contributed by atoms with Gasteiger partial charge in [0.1, 0.15) is 0 Å². The zero-order chi connectivity index (χ0) is 12.7. The molecule has 1 saturated heterocycles. The average Bonchev–Trinajstić information content (AvgIpc) is 2.31. The first-order chi connectivity index (χ1) is 8.12. The zero-order valence-electron chi connectivity index (χ0n) is 11.4. The highest BCUT2D eigenvalue weighted by atomic mass is 28.4. The predicted octanol–water partition coefficient (Wildman–Crippen LogP) is 2.02. The summed E-state index contributed by atoms with van der Waals surface area (Å²) < 4.78 is 17.7. The molecule has 17 heavy (non-hydrogen) atoms. The number of hydrogen-bond donors (Lipinski definition) is 1. The molecule has 0 saturated carbocycles. The maximum atomic E-state index is 5.93. The second kappa shape index (κ2) is 7.48. The van der Waals surface area contributed by atoms with E-state index in [1.54, 1.807) is 0 Å². The SMILES string of the molecule is CCO[Si]1(CC(C)CCCN)OCC(C)CO1. The third-order valence-corrected chi connectivity index (χ3v) is 6.18. The summed E-state index contributed by atoms with van der Waals surface area (Å²) >= 11 is 0. The van der Waals surface area contributed by atoms with Crippen molar-refractivity contribution in [2.75, 3.05) is 26.4 Å². The Morgan fingerprint density at radius 3 is 2.59 bits per heavy atom. The van der Waals surface area contributed by atoms with Crippen molar-refractivity contribution >= 4 is 8.80 Å². The molecular formula is C12H27NO3Si. The smallest absolute Gasteiger partial charge is 0.374 e. The van der Waals surface area contributed by atoms with Crippen LogP contribution in [0.15, 0.2) is 0 Å². The molecule has 0 aromatic rings. The van der Waals surface area contributed by atoms with Gasteiger partial charge in [0, 0.05) is 31.8 Å². The lowest BCUT2D eigenvalue weighted by Gasteiger charge is -2.36. The molecule has 1 unspecified atom stereocenters. The normalized spacial score (nSPS) is 31.4. The molecule has 1 rings (SSSR count). The van der Waals surface area contributed by atoms with Crippen LogP contribution in [0, 0.1) is 11.8 Å². The monoisotopic (exact) mass is 261 g/mol. The third kappa shape index (κ3) is 5.05. The van der Waals surface area contributed by atoms with Crippen molar-refractivity contribution < 1.29 is 13.3 Å². The number of hydrogen-bond acceptors (Lipinski definition) is 4. The van der Waals surface area contributed by atoms with Crippen LogP contribution in [-0.4, -0.2) is 35.2 Å². The number of rotatable bonds is 7. The Balaban J connectivity index is 2.46.